The molecule has 0 fully saturated rings. The van der Waals surface area contributed by atoms with Gasteiger partial charge in [0.25, 0.3) is 0 Å². The fourth-order valence-corrected chi connectivity index (χ4v) is 1.68. The van der Waals surface area contributed by atoms with Crippen LogP contribution in [-0.2, 0) is 11.3 Å². The first kappa shape index (κ1) is 13.9. The van der Waals surface area contributed by atoms with Crippen LogP contribution in [0.1, 0.15) is 25.3 Å². The maximum absolute atomic E-state index is 5.23. The van der Waals surface area contributed by atoms with Crippen LogP contribution in [0.25, 0.3) is 0 Å². The molecule has 1 rings (SSSR count). The number of anilines is 1. The van der Waals surface area contributed by atoms with Crippen LogP contribution in [0.2, 0.25) is 0 Å². The Morgan fingerprint density at radius 1 is 1.35 bits per heavy atom. The van der Waals surface area contributed by atoms with Crippen molar-refractivity contribution in [1.82, 2.24) is 5.32 Å². The van der Waals surface area contributed by atoms with Crippen molar-refractivity contribution < 1.29 is 4.74 Å². The largest absolute Gasteiger partial charge is 0.380 e. The Balaban J connectivity index is 2.52. The summed E-state index contributed by atoms with van der Waals surface area (Å²) in [5, 5.41) is 7.04. The molecule has 94 valence electrons. The molecule has 0 heterocycles. The topological polar surface area (TPSA) is 33.3 Å². The van der Waals surface area contributed by atoms with Gasteiger partial charge in [-0.15, -0.1) is 0 Å². The van der Waals surface area contributed by atoms with Crippen LogP contribution in [0, 0.1) is 0 Å². The van der Waals surface area contributed by atoms with Crippen LogP contribution < -0.4 is 10.6 Å². The van der Waals surface area contributed by atoms with Crippen molar-refractivity contribution >= 4 is 23.0 Å². The van der Waals surface area contributed by atoms with Gasteiger partial charge in [-0.1, -0.05) is 31.5 Å². The number of rotatable bonds is 6. The van der Waals surface area contributed by atoms with Gasteiger partial charge in [-0.3, -0.25) is 0 Å². The minimum Gasteiger partial charge on any atom is -0.380 e. The second-order valence-corrected chi connectivity index (χ2v) is 4.23. The highest BCUT2D eigenvalue weighted by atomic mass is 32.1. The van der Waals surface area contributed by atoms with Crippen molar-refractivity contribution in [2.24, 2.45) is 0 Å². The van der Waals surface area contributed by atoms with E-state index in [1.807, 2.05) is 24.3 Å². The molecule has 0 radical (unpaired) electrons. The van der Waals surface area contributed by atoms with E-state index in [-0.39, 0.29) is 0 Å². The van der Waals surface area contributed by atoms with Crippen LogP contribution in [0.5, 0.6) is 0 Å². The number of para-hydroxylation sites is 1. The average Bonchev–Trinajstić information content (AvgIpc) is 2.32. The molecule has 0 saturated carbocycles. The van der Waals surface area contributed by atoms with Gasteiger partial charge < -0.3 is 15.4 Å². The number of hydrogen-bond acceptors (Lipinski definition) is 2. The lowest BCUT2D eigenvalue weighted by Crippen LogP contribution is -2.29. The van der Waals surface area contributed by atoms with Crippen LogP contribution in [-0.4, -0.2) is 18.8 Å². The van der Waals surface area contributed by atoms with Gasteiger partial charge >= 0.3 is 0 Å². The molecular weight excluding hydrogens is 232 g/mol. The van der Waals surface area contributed by atoms with E-state index in [9.17, 15) is 0 Å². The lowest BCUT2D eigenvalue weighted by Gasteiger charge is -2.13. The predicted molar refractivity (Wildman–Crippen MR) is 76.3 cm³/mol. The van der Waals surface area contributed by atoms with Gasteiger partial charge in [0.15, 0.2) is 5.11 Å². The Labute approximate surface area is 109 Å². The number of hydrogen-bond donors (Lipinski definition) is 2. The molecule has 0 aromatic heterocycles. The predicted octanol–water partition coefficient (Wildman–Crippen LogP) is 2.92. The standard InChI is InChI=1S/C13H20N2OS/c1-3-4-9-14-13(17)15-12-8-6-5-7-11(12)10-16-2/h5-8H,3-4,9-10H2,1-2H3,(H2,14,15,17). The van der Waals surface area contributed by atoms with Crippen molar-refractivity contribution in [3.63, 3.8) is 0 Å². The fraction of sp³-hybridized carbons (Fsp3) is 0.462. The van der Waals surface area contributed by atoms with E-state index in [0.717, 1.165) is 30.6 Å². The Bertz CT molecular complexity index is 355. The zero-order valence-corrected chi connectivity index (χ0v) is 11.3. The van der Waals surface area contributed by atoms with Crippen LogP contribution in [0.3, 0.4) is 0 Å². The van der Waals surface area contributed by atoms with E-state index < -0.39 is 0 Å². The molecule has 0 aliphatic carbocycles. The maximum Gasteiger partial charge on any atom is 0.170 e. The number of methoxy groups -OCH3 is 1. The highest BCUT2D eigenvalue weighted by Gasteiger charge is 2.02. The summed E-state index contributed by atoms with van der Waals surface area (Å²) in [7, 11) is 1.69. The summed E-state index contributed by atoms with van der Waals surface area (Å²) in [5.74, 6) is 0. The molecule has 3 nitrogen and oxygen atoms in total. The lowest BCUT2D eigenvalue weighted by atomic mass is 10.2. The fourth-order valence-electron chi connectivity index (χ4n) is 1.47. The molecule has 0 saturated heterocycles. The number of nitrogens with one attached hydrogen (secondary N) is 2. The summed E-state index contributed by atoms with van der Waals surface area (Å²) < 4.78 is 5.14. The SMILES string of the molecule is CCCCNC(=S)Nc1ccccc1COC. The Morgan fingerprint density at radius 3 is 2.82 bits per heavy atom. The van der Waals surface area contributed by atoms with Crippen molar-refractivity contribution in [3.8, 4) is 0 Å². The molecule has 0 amide bonds. The van der Waals surface area contributed by atoms with Gasteiger partial charge in [-0.25, -0.2) is 0 Å². The second kappa shape index (κ2) is 8.03. The van der Waals surface area contributed by atoms with E-state index in [1.54, 1.807) is 7.11 Å². The molecule has 2 N–H and O–H groups in total. The summed E-state index contributed by atoms with van der Waals surface area (Å²) in [4.78, 5) is 0. The van der Waals surface area contributed by atoms with Gasteiger partial charge in [0.05, 0.1) is 6.61 Å². The lowest BCUT2D eigenvalue weighted by molar-refractivity contribution is 0.185. The summed E-state index contributed by atoms with van der Waals surface area (Å²) in [5.41, 5.74) is 2.11. The summed E-state index contributed by atoms with van der Waals surface area (Å²) in [6.07, 6.45) is 2.29. The van der Waals surface area contributed by atoms with Crippen molar-refractivity contribution in [2.45, 2.75) is 26.4 Å². The van der Waals surface area contributed by atoms with Crippen molar-refractivity contribution in [1.29, 1.82) is 0 Å². The first-order valence-corrected chi connectivity index (χ1v) is 6.30. The molecule has 0 spiro atoms. The highest BCUT2D eigenvalue weighted by Crippen LogP contribution is 2.15. The van der Waals surface area contributed by atoms with E-state index in [0.29, 0.717) is 11.7 Å². The minimum absolute atomic E-state index is 0.584. The van der Waals surface area contributed by atoms with E-state index in [1.165, 1.54) is 0 Å². The van der Waals surface area contributed by atoms with Gasteiger partial charge in [-0.05, 0) is 24.7 Å². The number of thiocarbonyl (C=S) groups is 1. The average molecular weight is 252 g/mol. The molecule has 1 aromatic rings. The quantitative estimate of drug-likeness (QED) is 0.602. The smallest absolute Gasteiger partial charge is 0.170 e. The Kier molecular flexibility index (Phi) is 6.58. The van der Waals surface area contributed by atoms with E-state index in [2.05, 4.69) is 17.6 Å². The third kappa shape index (κ3) is 5.15. The molecule has 0 aliphatic rings. The van der Waals surface area contributed by atoms with Gasteiger partial charge in [0, 0.05) is 24.9 Å². The van der Waals surface area contributed by atoms with Crippen LogP contribution >= 0.6 is 12.2 Å². The number of ether oxygens (including phenoxy) is 1. The summed E-state index contributed by atoms with van der Waals surface area (Å²) in [6.45, 7) is 3.65. The molecule has 0 unspecified atom stereocenters. The van der Waals surface area contributed by atoms with Crippen LogP contribution in [0.15, 0.2) is 24.3 Å². The summed E-state index contributed by atoms with van der Waals surface area (Å²) >= 11 is 5.23. The first-order chi connectivity index (χ1) is 8.27. The monoisotopic (exact) mass is 252 g/mol. The molecule has 0 aliphatic heterocycles. The molecule has 4 heteroatoms. The van der Waals surface area contributed by atoms with Gasteiger partial charge in [-0.2, -0.15) is 0 Å². The first-order valence-electron chi connectivity index (χ1n) is 5.89. The Hall–Kier alpha value is -1.13. The van der Waals surface area contributed by atoms with Gasteiger partial charge in [0.1, 0.15) is 0 Å². The highest BCUT2D eigenvalue weighted by molar-refractivity contribution is 7.80. The molecule has 1 aromatic carbocycles. The third-order valence-electron chi connectivity index (χ3n) is 2.38. The molecular formula is C13H20N2OS. The summed E-state index contributed by atoms with van der Waals surface area (Å²) in [6, 6.07) is 8.01. The van der Waals surface area contributed by atoms with E-state index in [4.69, 9.17) is 17.0 Å². The number of unbranched alkanes of at least 4 members (excludes halogenated alkanes) is 1. The molecule has 17 heavy (non-hydrogen) atoms. The number of benzene rings is 1. The van der Waals surface area contributed by atoms with E-state index >= 15 is 0 Å². The van der Waals surface area contributed by atoms with Crippen molar-refractivity contribution in [3.05, 3.63) is 29.8 Å². The molecule has 0 bridgehead atoms. The maximum atomic E-state index is 5.23. The normalized spacial score (nSPS) is 10.0. The van der Waals surface area contributed by atoms with Gasteiger partial charge in [0.2, 0.25) is 0 Å². The minimum atomic E-state index is 0.584. The van der Waals surface area contributed by atoms with Crippen LogP contribution in [0.4, 0.5) is 5.69 Å². The molecule has 0 atom stereocenters. The zero-order valence-electron chi connectivity index (χ0n) is 10.5. The third-order valence-corrected chi connectivity index (χ3v) is 2.63. The van der Waals surface area contributed by atoms with Crippen molar-refractivity contribution in [2.75, 3.05) is 19.0 Å². The zero-order chi connectivity index (χ0) is 12.5. The Morgan fingerprint density at radius 2 is 2.12 bits per heavy atom. The second-order valence-electron chi connectivity index (χ2n) is 3.82.